The Morgan fingerprint density at radius 1 is 1.21 bits per heavy atom. The van der Waals surface area contributed by atoms with E-state index in [9.17, 15) is 4.79 Å². The third-order valence-electron chi connectivity index (χ3n) is 5.56. The van der Waals surface area contributed by atoms with E-state index in [-0.39, 0.29) is 5.91 Å². The molecular formula is C21H23N5O2. The number of hydrogen-bond acceptors (Lipinski definition) is 5. The topological polar surface area (TPSA) is 77.1 Å². The Balaban J connectivity index is 1.26. The van der Waals surface area contributed by atoms with Gasteiger partial charge in [-0.05, 0) is 55.9 Å². The maximum absolute atomic E-state index is 13.1. The number of rotatable bonds is 5. The van der Waals surface area contributed by atoms with Gasteiger partial charge in [0.1, 0.15) is 0 Å². The molecule has 0 radical (unpaired) electrons. The summed E-state index contributed by atoms with van der Waals surface area (Å²) in [6.07, 6.45) is 8.77. The van der Waals surface area contributed by atoms with Crippen molar-refractivity contribution in [2.45, 2.75) is 38.0 Å². The van der Waals surface area contributed by atoms with Crippen molar-refractivity contribution in [3.05, 3.63) is 60.0 Å². The minimum Gasteiger partial charge on any atom is -0.339 e. The fourth-order valence-electron chi connectivity index (χ4n) is 3.91. The molecule has 7 nitrogen and oxygen atoms in total. The molecule has 3 aromatic rings. The van der Waals surface area contributed by atoms with Crippen LogP contribution in [0.4, 0.5) is 0 Å². The molecule has 1 saturated heterocycles. The molecule has 1 aromatic carbocycles. The number of amides is 1. The maximum atomic E-state index is 13.1. The van der Waals surface area contributed by atoms with E-state index in [0.29, 0.717) is 23.3 Å². The first kappa shape index (κ1) is 17.2. The van der Waals surface area contributed by atoms with Crippen molar-refractivity contribution < 1.29 is 9.32 Å². The van der Waals surface area contributed by atoms with Crippen molar-refractivity contribution in [3.8, 4) is 5.69 Å². The summed E-state index contributed by atoms with van der Waals surface area (Å²) in [5.74, 6) is 2.50. The second-order valence-electron chi connectivity index (χ2n) is 7.79. The lowest BCUT2D eigenvalue weighted by molar-refractivity contribution is 0.0668. The van der Waals surface area contributed by atoms with Crippen LogP contribution in [0.3, 0.4) is 0 Å². The first-order valence-electron chi connectivity index (χ1n) is 9.98. The number of benzene rings is 1. The Labute approximate surface area is 163 Å². The van der Waals surface area contributed by atoms with Crippen molar-refractivity contribution in [2.24, 2.45) is 5.92 Å². The molecule has 144 valence electrons. The molecule has 1 saturated carbocycles. The first-order valence-corrected chi connectivity index (χ1v) is 9.98. The van der Waals surface area contributed by atoms with Crippen LogP contribution in [-0.2, 0) is 6.42 Å². The minimum absolute atomic E-state index is 0.0721. The van der Waals surface area contributed by atoms with Crippen molar-refractivity contribution in [2.75, 3.05) is 13.1 Å². The minimum atomic E-state index is 0.0721. The van der Waals surface area contributed by atoms with Gasteiger partial charge in [0.15, 0.2) is 5.82 Å². The average molecular weight is 377 g/mol. The van der Waals surface area contributed by atoms with Gasteiger partial charge in [-0.15, -0.1) is 0 Å². The van der Waals surface area contributed by atoms with Gasteiger partial charge in [-0.2, -0.15) is 10.1 Å². The Morgan fingerprint density at radius 3 is 2.96 bits per heavy atom. The fourth-order valence-corrected chi connectivity index (χ4v) is 3.91. The molecule has 7 heteroatoms. The molecule has 0 spiro atoms. The standard InChI is InChI=1S/C21H23N5O2/c27-21(17-5-1-6-18(13-17)26-11-3-9-22-26)25-10-2-4-15(14-25)12-19-23-20(24-28-19)16-7-8-16/h1,3,5-6,9,11,13,15-16H,2,4,7-8,10,12,14H2. The molecule has 2 fully saturated rings. The van der Waals surface area contributed by atoms with Gasteiger partial charge in [0.2, 0.25) is 5.89 Å². The summed E-state index contributed by atoms with van der Waals surface area (Å²) in [5, 5.41) is 8.35. The smallest absolute Gasteiger partial charge is 0.253 e. The lowest BCUT2D eigenvalue weighted by Crippen LogP contribution is -2.40. The Bertz CT molecular complexity index is 961. The normalized spacial score (nSPS) is 19.7. The number of aromatic nitrogens is 4. The van der Waals surface area contributed by atoms with Crippen LogP contribution in [0, 0.1) is 5.92 Å². The van der Waals surface area contributed by atoms with Gasteiger partial charge < -0.3 is 9.42 Å². The highest BCUT2D eigenvalue weighted by molar-refractivity contribution is 5.94. The van der Waals surface area contributed by atoms with Crippen LogP contribution in [0.15, 0.2) is 47.2 Å². The van der Waals surface area contributed by atoms with E-state index >= 15 is 0 Å². The number of likely N-dealkylation sites (tertiary alicyclic amines) is 1. The lowest BCUT2D eigenvalue weighted by Gasteiger charge is -2.32. The quantitative estimate of drug-likeness (QED) is 0.682. The maximum Gasteiger partial charge on any atom is 0.253 e. The summed E-state index contributed by atoms with van der Waals surface area (Å²) < 4.78 is 7.20. The van der Waals surface area contributed by atoms with Crippen LogP contribution in [0.1, 0.15) is 53.7 Å². The van der Waals surface area contributed by atoms with E-state index in [0.717, 1.165) is 43.9 Å². The third-order valence-corrected chi connectivity index (χ3v) is 5.56. The number of nitrogens with zero attached hydrogens (tertiary/aromatic N) is 5. The highest BCUT2D eigenvalue weighted by atomic mass is 16.5. The molecule has 0 N–H and O–H groups in total. The summed E-state index contributed by atoms with van der Waals surface area (Å²) in [7, 11) is 0. The predicted molar refractivity (Wildman–Crippen MR) is 102 cm³/mol. The largest absolute Gasteiger partial charge is 0.339 e. The third kappa shape index (κ3) is 3.56. The zero-order valence-electron chi connectivity index (χ0n) is 15.7. The molecule has 28 heavy (non-hydrogen) atoms. The van der Waals surface area contributed by atoms with Crippen LogP contribution >= 0.6 is 0 Å². The highest BCUT2D eigenvalue weighted by Crippen LogP contribution is 2.38. The average Bonchev–Trinajstić information content (AvgIpc) is 3.23. The van der Waals surface area contributed by atoms with Crippen molar-refractivity contribution in [1.82, 2.24) is 24.8 Å². The van der Waals surface area contributed by atoms with Gasteiger partial charge in [-0.25, -0.2) is 4.68 Å². The molecule has 0 bridgehead atoms. The summed E-state index contributed by atoms with van der Waals surface area (Å²) in [5.41, 5.74) is 1.59. The molecule has 2 aliphatic rings. The summed E-state index contributed by atoms with van der Waals surface area (Å²) in [4.78, 5) is 19.6. The van der Waals surface area contributed by atoms with E-state index in [1.54, 1.807) is 10.9 Å². The van der Waals surface area contributed by atoms with Crippen molar-refractivity contribution in [1.29, 1.82) is 0 Å². The summed E-state index contributed by atoms with van der Waals surface area (Å²) in [6.45, 7) is 1.52. The van der Waals surface area contributed by atoms with Crippen molar-refractivity contribution >= 4 is 5.91 Å². The van der Waals surface area contributed by atoms with E-state index in [4.69, 9.17) is 4.52 Å². The zero-order chi connectivity index (χ0) is 18.9. The van der Waals surface area contributed by atoms with Gasteiger partial charge in [-0.3, -0.25) is 4.79 Å². The highest BCUT2D eigenvalue weighted by Gasteiger charge is 2.30. The number of carbonyl (C=O) groups excluding carboxylic acids is 1. The molecule has 2 aromatic heterocycles. The number of hydrogen-bond donors (Lipinski definition) is 0. The fraction of sp³-hybridized carbons (Fsp3) is 0.429. The molecule has 3 heterocycles. The summed E-state index contributed by atoms with van der Waals surface area (Å²) in [6, 6.07) is 9.51. The van der Waals surface area contributed by atoms with E-state index < -0.39 is 0 Å². The SMILES string of the molecule is O=C(c1cccc(-n2cccn2)c1)N1CCCC(Cc2nc(C3CC3)no2)C1. The zero-order valence-corrected chi connectivity index (χ0v) is 15.7. The van der Waals surface area contributed by atoms with E-state index in [1.165, 1.54) is 12.8 Å². The van der Waals surface area contributed by atoms with Gasteiger partial charge >= 0.3 is 0 Å². The summed E-state index contributed by atoms with van der Waals surface area (Å²) >= 11 is 0. The van der Waals surface area contributed by atoms with Crippen LogP contribution in [0.2, 0.25) is 0 Å². The lowest BCUT2D eigenvalue weighted by atomic mass is 9.94. The van der Waals surface area contributed by atoms with Crippen LogP contribution in [-0.4, -0.2) is 43.8 Å². The van der Waals surface area contributed by atoms with Crippen molar-refractivity contribution in [3.63, 3.8) is 0 Å². The van der Waals surface area contributed by atoms with Gasteiger partial charge in [-0.1, -0.05) is 11.2 Å². The van der Waals surface area contributed by atoms with Crippen LogP contribution in [0.5, 0.6) is 0 Å². The van der Waals surface area contributed by atoms with Gasteiger partial charge in [0.25, 0.3) is 5.91 Å². The second-order valence-corrected chi connectivity index (χ2v) is 7.79. The van der Waals surface area contributed by atoms with Crippen LogP contribution in [0.25, 0.3) is 5.69 Å². The molecule has 1 unspecified atom stereocenters. The molecule has 5 rings (SSSR count). The van der Waals surface area contributed by atoms with Gasteiger partial charge in [0, 0.05) is 43.4 Å². The van der Waals surface area contributed by atoms with Gasteiger partial charge in [0.05, 0.1) is 5.69 Å². The Hall–Kier alpha value is -2.96. The molecule has 1 atom stereocenters. The predicted octanol–water partition coefficient (Wildman–Crippen LogP) is 3.23. The molecule has 1 aliphatic heterocycles. The number of carbonyl (C=O) groups is 1. The molecule has 1 aliphatic carbocycles. The van der Waals surface area contributed by atoms with E-state index in [2.05, 4.69) is 15.2 Å². The van der Waals surface area contributed by atoms with E-state index in [1.807, 2.05) is 41.4 Å². The Kier molecular flexibility index (Phi) is 4.43. The molecule has 1 amide bonds. The number of piperidine rings is 1. The first-order chi connectivity index (χ1) is 13.8. The van der Waals surface area contributed by atoms with Crippen LogP contribution < -0.4 is 0 Å². The molecular weight excluding hydrogens is 354 g/mol. The second kappa shape index (κ2) is 7.22. The Morgan fingerprint density at radius 2 is 2.14 bits per heavy atom. The monoisotopic (exact) mass is 377 g/mol.